The summed E-state index contributed by atoms with van der Waals surface area (Å²) in [6.07, 6.45) is 6.21. The maximum Gasteiger partial charge on any atom is 0.225 e. The van der Waals surface area contributed by atoms with E-state index in [9.17, 15) is 4.79 Å². The highest BCUT2D eigenvalue weighted by Crippen LogP contribution is 2.28. The summed E-state index contributed by atoms with van der Waals surface area (Å²) in [5, 5.41) is 0.137. The van der Waals surface area contributed by atoms with Crippen molar-refractivity contribution in [2.24, 2.45) is 5.92 Å². The van der Waals surface area contributed by atoms with E-state index in [1.165, 1.54) is 12.8 Å². The number of halogens is 1. The first-order chi connectivity index (χ1) is 8.20. The van der Waals surface area contributed by atoms with Crippen LogP contribution in [0.3, 0.4) is 0 Å². The Bertz CT molecular complexity index is 266. The van der Waals surface area contributed by atoms with Gasteiger partial charge in [0.15, 0.2) is 0 Å². The van der Waals surface area contributed by atoms with E-state index in [4.69, 9.17) is 16.3 Å². The molecule has 1 heterocycles. The fourth-order valence-electron chi connectivity index (χ4n) is 2.90. The Morgan fingerprint density at radius 1 is 1.18 bits per heavy atom. The number of ether oxygens (including phenoxy) is 1. The third kappa shape index (κ3) is 3.14. The average molecular weight is 260 g/mol. The van der Waals surface area contributed by atoms with Crippen LogP contribution in [0.1, 0.15) is 38.5 Å². The van der Waals surface area contributed by atoms with Crippen molar-refractivity contribution in [2.75, 3.05) is 20.3 Å². The molecule has 0 aromatic carbocycles. The molecule has 1 amide bonds. The van der Waals surface area contributed by atoms with Crippen LogP contribution in [-0.4, -0.2) is 42.5 Å². The van der Waals surface area contributed by atoms with E-state index in [1.54, 1.807) is 0 Å². The predicted octanol–water partition coefficient (Wildman–Crippen LogP) is 2.42. The highest BCUT2D eigenvalue weighted by molar-refractivity contribution is 6.21. The lowest BCUT2D eigenvalue weighted by Crippen LogP contribution is -2.47. The lowest BCUT2D eigenvalue weighted by atomic mass is 9.91. The van der Waals surface area contributed by atoms with Crippen molar-refractivity contribution in [3.05, 3.63) is 0 Å². The van der Waals surface area contributed by atoms with Crippen molar-refractivity contribution in [1.29, 1.82) is 0 Å². The van der Waals surface area contributed by atoms with E-state index in [0.717, 1.165) is 38.9 Å². The average Bonchev–Trinajstić information content (AvgIpc) is 2.39. The van der Waals surface area contributed by atoms with E-state index < -0.39 is 0 Å². The number of hydrogen-bond donors (Lipinski definition) is 0. The van der Waals surface area contributed by atoms with Gasteiger partial charge in [0.25, 0.3) is 0 Å². The van der Waals surface area contributed by atoms with Crippen molar-refractivity contribution in [3.8, 4) is 0 Å². The highest BCUT2D eigenvalue weighted by Gasteiger charge is 2.33. The van der Waals surface area contributed by atoms with Crippen molar-refractivity contribution in [2.45, 2.75) is 49.9 Å². The molecule has 3 nitrogen and oxygen atoms in total. The molecule has 0 spiro atoms. The molecule has 2 unspecified atom stereocenters. The number of rotatable bonds is 2. The molecule has 1 aliphatic carbocycles. The first-order valence-corrected chi connectivity index (χ1v) is 7.12. The van der Waals surface area contributed by atoms with Crippen LogP contribution < -0.4 is 0 Å². The molecule has 17 heavy (non-hydrogen) atoms. The summed E-state index contributed by atoms with van der Waals surface area (Å²) < 4.78 is 5.30. The first-order valence-electron chi connectivity index (χ1n) is 6.68. The summed E-state index contributed by atoms with van der Waals surface area (Å²) in [7, 11) is 1.92. The van der Waals surface area contributed by atoms with Gasteiger partial charge in [0, 0.05) is 32.2 Å². The highest BCUT2D eigenvalue weighted by atomic mass is 35.5. The molecule has 0 radical (unpaired) electrons. The Labute approximate surface area is 108 Å². The second kappa shape index (κ2) is 6.05. The zero-order valence-corrected chi connectivity index (χ0v) is 11.3. The third-order valence-corrected chi connectivity index (χ3v) is 4.57. The number of nitrogens with zero attached hydrogens (tertiary/aromatic N) is 1. The minimum atomic E-state index is 0.137. The largest absolute Gasteiger partial charge is 0.381 e. The van der Waals surface area contributed by atoms with Gasteiger partial charge < -0.3 is 9.64 Å². The van der Waals surface area contributed by atoms with Gasteiger partial charge in [0.2, 0.25) is 5.91 Å². The number of amides is 1. The number of carbonyl (C=O) groups excluding carboxylic acids is 1. The van der Waals surface area contributed by atoms with Crippen LogP contribution >= 0.6 is 11.6 Å². The second-order valence-corrected chi connectivity index (χ2v) is 5.76. The second-order valence-electron chi connectivity index (χ2n) is 5.20. The molecule has 2 atom stereocenters. The number of alkyl halides is 1. The minimum absolute atomic E-state index is 0.137. The third-order valence-electron chi connectivity index (χ3n) is 4.06. The van der Waals surface area contributed by atoms with E-state index in [-0.39, 0.29) is 23.2 Å². The van der Waals surface area contributed by atoms with Crippen molar-refractivity contribution >= 4 is 17.5 Å². The summed E-state index contributed by atoms with van der Waals surface area (Å²) >= 11 is 6.34. The van der Waals surface area contributed by atoms with E-state index in [1.807, 2.05) is 11.9 Å². The lowest BCUT2D eigenvalue weighted by Gasteiger charge is -2.37. The zero-order valence-electron chi connectivity index (χ0n) is 10.5. The van der Waals surface area contributed by atoms with Crippen LogP contribution in [0.15, 0.2) is 0 Å². The van der Waals surface area contributed by atoms with Gasteiger partial charge >= 0.3 is 0 Å². The normalized spacial score (nSPS) is 31.2. The maximum atomic E-state index is 12.4. The van der Waals surface area contributed by atoms with Crippen LogP contribution in [0.5, 0.6) is 0 Å². The summed E-state index contributed by atoms with van der Waals surface area (Å²) in [5.41, 5.74) is 0. The SMILES string of the molecule is CN(C(=O)C1CCOCC1)C1CCCCC1Cl. The van der Waals surface area contributed by atoms with Gasteiger partial charge in [-0.25, -0.2) is 0 Å². The molecule has 2 rings (SSSR count). The first kappa shape index (κ1) is 13.2. The Kier molecular flexibility index (Phi) is 4.69. The van der Waals surface area contributed by atoms with Crippen LogP contribution in [0.25, 0.3) is 0 Å². The standard InChI is InChI=1S/C13H22ClNO2/c1-15(12-5-3-2-4-11(12)14)13(16)10-6-8-17-9-7-10/h10-12H,2-9H2,1H3. The van der Waals surface area contributed by atoms with Gasteiger partial charge in [-0.2, -0.15) is 0 Å². The van der Waals surface area contributed by atoms with E-state index in [0.29, 0.717) is 0 Å². The summed E-state index contributed by atoms with van der Waals surface area (Å²) in [6.45, 7) is 1.44. The zero-order chi connectivity index (χ0) is 12.3. The maximum absolute atomic E-state index is 12.4. The minimum Gasteiger partial charge on any atom is -0.381 e. The molecule has 0 aromatic heterocycles. The van der Waals surface area contributed by atoms with E-state index >= 15 is 0 Å². The Morgan fingerprint density at radius 2 is 1.82 bits per heavy atom. The summed E-state index contributed by atoms with van der Waals surface area (Å²) in [4.78, 5) is 14.3. The monoisotopic (exact) mass is 259 g/mol. The summed E-state index contributed by atoms with van der Waals surface area (Å²) in [6, 6.07) is 0.237. The van der Waals surface area contributed by atoms with Crippen LogP contribution in [0.4, 0.5) is 0 Å². The van der Waals surface area contributed by atoms with Crippen LogP contribution in [0, 0.1) is 5.92 Å². The fraction of sp³-hybridized carbons (Fsp3) is 0.923. The van der Waals surface area contributed by atoms with Crippen molar-refractivity contribution in [1.82, 2.24) is 4.90 Å². The lowest BCUT2D eigenvalue weighted by molar-refractivity contribution is -0.139. The molecule has 4 heteroatoms. The predicted molar refractivity (Wildman–Crippen MR) is 68.2 cm³/mol. The molecule has 0 bridgehead atoms. The van der Waals surface area contributed by atoms with E-state index in [2.05, 4.69) is 0 Å². The molecule has 1 aliphatic heterocycles. The van der Waals surface area contributed by atoms with Gasteiger partial charge in [0.05, 0.1) is 5.38 Å². The van der Waals surface area contributed by atoms with Gasteiger partial charge in [0.1, 0.15) is 0 Å². The molecule has 98 valence electrons. The Morgan fingerprint density at radius 3 is 2.47 bits per heavy atom. The quantitative estimate of drug-likeness (QED) is 0.713. The number of hydrogen-bond acceptors (Lipinski definition) is 2. The van der Waals surface area contributed by atoms with Gasteiger partial charge in [-0.1, -0.05) is 12.8 Å². The molecular weight excluding hydrogens is 238 g/mol. The molecule has 1 saturated heterocycles. The van der Waals surface area contributed by atoms with Crippen molar-refractivity contribution in [3.63, 3.8) is 0 Å². The summed E-state index contributed by atoms with van der Waals surface area (Å²) in [5.74, 6) is 0.422. The molecular formula is C13H22ClNO2. The van der Waals surface area contributed by atoms with Crippen LogP contribution in [-0.2, 0) is 9.53 Å². The smallest absolute Gasteiger partial charge is 0.225 e. The Hall–Kier alpha value is -0.280. The molecule has 0 N–H and O–H groups in total. The molecule has 2 fully saturated rings. The molecule has 1 saturated carbocycles. The molecule has 0 aromatic rings. The number of carbonyl (C=O) groups is 1. The van der Waals surface area contributed by atoms with Gasteiger partial charge in [-0.05, 0) is 25.7 Å². The van der Waals surface area contributed by atoms with Gasteiger partial charge in [-0.3, -0.25) is 4.79 Å². The topological polar surface area (TPSA) is 29.5 Å². The fourth-order valence-corrected chi connectivity index (χ4v) is 3.35. The van der Waals surface area contributed by atoms with Gasteiger partial charge in [-0.15, -0.1) is 11.6 Å². The Balaban J connectivity index is 1.92. The van der Waals surface area contributed by atoms with Crippen molar-refractivity contribution < 1.29 is 9.53 Å². The van der Waals surface area contributed by atoms with Crippen LogP contribution in [0.2, 0.25) is 0 Å². The molecule has 2 aliphatic rings.